The number of benzene rings is 1. The fourth-order valence-electron chi connectivity index (χ4n) is 1.22. The van der Waals surface area contributed by atoms with Gasteiger partial charge in [-0.05, 0) is 24.3 Å². The summed E-state index contributed by atoms with van der Waals surface area (Å²) in [5.41, 5.74) is 2.16. The molecule has 1 amide bonds. The first-order valence-electron chi connectivity index (χ1n) is 4.89. The van der Waals surface area contributed by atoms with E-state index in [-0.39, 0.29) is 5.56 Å². The number of rotatable bonds is 3. The number of halogens is 1. The maximum atomic E-state index is 13.2. The summed E-state index contributed by atoms with van der Waals surface area (Å²) in [7, 11) is 0. The summed E-state index contributed by atoms with van der Waals surface area (Å²) in [6.07, 6.45) is 2.82. The molecule has 1 aromatic carbocycles. The maximum Gasteiger partial charge on any atom is 0.274 e. The van der Waals surface area contributed by atoms with E-state index in [0.29, 0.717) is 5.76 Å². The molecule has 4 nitrogen and oxygen atoms in total. The van der Waals surface area contributed by atoms with Gasteiger partial charge in [0.2, 0.25) is 0 Å². The van der Waals surface area contributed by atoms with Crippen LogP contribution >= 0.6 is 0 Å². The van der Waals surface area contributed by atoms with Crippen molar-refractivity contribution in [3.05, 3.63) is 59.8 Å². The molecule has 0 bridgehead atoms. The van der Waals surface area contributed by atoms with Crippen LogP contribution in [0, 0.1) is 5.82 Å². The molecule has 0 radical (unpaired) electrons. The van der Waals surface area contributed by atoms with Gasteiger partial charge in [-0.15, -0.1) is 0 Å². The molecular formula is C12H9FN2O2. The van der Waals surface area contributed by atoms with Crippen LogP contribution in [0.3, 0.4) is 0 Å². The number of nitrogens with zero attached hydrogens (tertiary/aromatic N) is 1. The molecule has 1 aromatic heterocycles. The monoisotopic (exact) mass is 232 g/mol. The molecule has 86 valence electrons. The molecule has 17 heavy (non-hydrogen) atoms. The van der Waals surface area contributed by atoms with Crippen LogP contribution in [0.5, 0.6) is 0 Å². The van der Waals surface area contributed by atoms with Gasteiger partial charge in [0.15, 0.2) is 0 Å². The maximum absolute atomic E-state index is 13.2. The Labute approximate surface area is 96.8 Å². The van der Waals surface area contributed by atoms with Gasteiger partial charge in [-0.2, -0.15) is 5.10 Å². The van der Waals surface area contributed by atoms with E-state index in [0.717, 1.165) is 0 Å². The fourth-order valence-corrected chi connectivity index (χ4v) is 1.22. The van der Waals surface area contributed by atoms with Crippen LogP contribution in [0.25, 0.3) is 0 Å². The highest BCUT2D eigenvalue weighted by atomic mass is 19.1. The normalized spacial score (nSPS) is 10.6. The molecule has 1 heterocycles. The Bertz CT molecular complexity index is 535. The second kappa shape index (κ2) is 5.07. The summed E-state index contributed by atoms with van der Waals surface area (Å²) in [4.78, 5) is 11.5. The second-order valence-electron chi connectivity index (χ2n) is 3.19. The van der Waals surface area contributed by atoms with E-state index in [1.807, 2.05) is 0 Å². The van der Waals surface area contributed by atoms with Crippen molar-refractivity contribution in [2.45, 2.75) is 0 Å². The Kier molecular flexibility index (Phi) is 3.30. The Morgan fingerprint density at radius 1 is 1.29 bits per heavy atom. The first-order valence-corrected chi connectivity index (χ1v) is 4.89. The average molecular weight is 232 g/mol. The molecule has 0 atom stereocenters. The number of furan rings is 1. The molecular weight excluding hydrogens is 223 g/mol. The Morgan fingerprint density at radius 3 is 2.82 bits per heavy atom. The summed E-state index contributed by atoms with van der Waals surface area (Å²) in [5, 5.41) is 3.65. The zero-order valence-electron chi connectivity index (χ0n) is 8.76. The van der Waals surface area contributed by atoms with Gasteiger partial charge in [0.1, 0.15) is 11.6 Å². The summed E-state index contributed by atoms with van der Waals surface area (Å²) in [6, 6.07) is 9.06. The van der Waals surface area contributed by atoms with Gasteiger partial charge in [-0.1, -0.05) is 12.1 Å². The summed E-state index contributed by atoms with van der Waals surface area (Å²) in [6.45, 7) is 0. The van der Waals surface area contributed by atoms with Crippen LogP contribution in [0.1, 0.15) is 16.1 Å². The van der Waals surface area contributed by atoms with Gasteiger partial charge in [0.05, 0.1) is 18.0 Å². The Balaban J connectivity index is 2.01. The number of hydrazone groups is 1. The van der Waals surface area contributed by atoms with Crippen molar-refractivity contribution >= 4 is 12.1 Å². The van der Waals surface area contributed by atoms with Crippen molar-refractivity contribution in [2.75, 3.05) is 0 Å². The summed E-state index contributed by atoms with van der Waals surface area (Å²) in [5.74, 6) is -0.692. The zero-order valence-corrected chi connectivity index (χ0v) is 8.76. The number of carbonyl (C=O) groups excluding carboxylic acids is 1. The summed E-state index contributed by atoms with van der Waals surface area (Å²) < 4.78 is 18.2. The van der Waals surface area contributed by atoms with Crippen molar-refractivity contribution in [1.82, 2.24) is 5.43 Å². The van der Waals surface area contributed by atoms with E-state index < -0.39 is 11.7 Å². The number of carbonyl (C=O) groups is 1. The van der Waals surface area contributed by atoms with Gasteiger partial charge in [0, 0.05) is 0 Å². The van der Waals surface area contributed by atoms with Crippen molar-refractivity contribution in [1.29, 1.82) is 0 Å². The van der Waals surface area contributed by atoms with E-state index in [1.54, 1.807) is 18.2 Å². The highest BCUT2D eigenvalue weighted by Gasteiger charge is 2.08. The molecule has 0 aliphatic rings. The lowest BCUT2D eigenvalue weighted by molar-refractivity contribution is 0.0951. The van der Waals surface area contributed by atoms with E-state index in [4.69, 9.17) is 4.42 Å². The third-order valence-corrected chi connectivity index (χ3v) is 2.02. The number of hydrogen-bond donors (Lipinski definition) is 1. The van der Waals surface area contributed by atoms with Gasteiger partial charge < -0.3 is 4.42 Å². The molecule has 1 N–H and O–H groups in total. The Hall–Kier alpha value is -2.43. The van der Waals surface area contributed by atoms with E-state index >= 15 is 0 Å². The Morgan fingerprint density at radius 2 is 2.12 bits per heavy atom. The number of nitrogens with one attached hydrogen (secondary N) is 1. The molecule has 2 aromatic rings. The fraction of sp³-hybridized carbons (Fsp3) is 0. The number of hydrogen-bond acceptors (Lipinski definition) is 3. The predicted octanol–water partition coefficient (Wildman–Crippen LogP) is 2.18. The highest BCUT2D eigenvalue weighted by Crippen LogP contribution is 2.05. The molecule has 0 spiro atoms. The predicted molar refractivity (Wildman–Crippen MR) is 60.2 cm³/mol. The van der Waals surface area contributed by atoms with Crippen LogP contribution in [-0.2, 0) is 0 Å². The minimum absolute atomic E-state index is 0.0518. The minimum atomic E-state index is -0.606. The van der Waals surface area contributed by atoms with Gasteiger partial charge in [-0.3, -0.25) is 4.79 Å². The molecule has 0 saturated heterocycles. The molecule has 0 saturated carbocycles. The molecule has 0 unspecified atom stereocenters. The van der Waals surface area contributed by atoms with Crippen LogP contribution < -0.4 is 5.43 Å². The van der Waals surface area contributed by atoms with Crippen LogP contribution in [-0.4, -0.2) is 12.1 Å². The first kappa shape index (κ1) is 11.1. The van der Waals surface area contributed by atoms with Gasteiger partial charge in [-0.25, -0.2) is 9.82 Å². The largest absolute Gasteiger partial charge is 0.463 e. The highest BCUT2D eigenvalue weighted by molar-refractivity contribution is 5.94. The molecule has 0 fully saturated rings. The molecule has 0 aliphatic carbocycles. The third-order valence-electron chi connectivity index (χ3n) is 2.02. The first-order chi connectivity index (χ1) is 8.27. The minimum Gasteiger partial charge on any atom is -0.463 e. The summed E-state index contributed by atoms with van der Waals surface area (Å²) >= 11 is 0. The van der Waals surface area contributed by atoms with Crippen LogP contribution in [0.2, 0.25) is 0 Å². The molecule has 0 aliphatic heterocycles. The van der Waals surface area contributed by atoms with Crippen molar-refractivity contribution in [2.24, 2.45) is 5.10 Å². The lowest BCUT2D eigenvalue weighted by atomic mass is 10.2. The van der Waals surface area contributed by atoms with Crippen LogP contribution in [0.15, 0.2) is 52.2 Å². The number of amides is 1. The van der Waals surface area contributed by atoms with E-state index in [2.05, 4.69) is 10.5 Å². The standard InChI is InChI=1S/C12H9FN2O2/c13-11-6-2-1-5-10(11)12(16)15-14-8-9-4-3-7-17-9/h1-8H,(H,15,16)/b14-8+. The van der Waals surface area contributed by atoms with Gasteiger partial charge >= 0.3 is 0 Å². The van der Waals surface area contributed by atoms with E-state index in [9.17, 15) is 9.18 Å². The van der Waals surface area contributed by atoms with Crippen LogP contribution in [0.4, 0.5) is 4.39 Å². The van der Waals surface area contributed by atoms with Crippen molar-refractivity contribution in [3.63, 3.8) is 0 Å². The van der Waals surface area contributed by atoms with Crippen molar-refractivity contribution < 1.29 is 13.6 Å². The van der Waals surface area contributed by atoms with E-state index in [1.165, 1.54) is 30.7 Å². The quantitative estimate of drug-likeness (QED) is 0.651. The van der Waals surface area contributed by atoms with Crippen molar-refractivity contribution in [3.8, 4) is 0 Å². The zero-order chi connectivity index (χ0) is 12.1. The molecule has 2 rings (SSSR count). The third kappa shape index (κ3) is 2.78. The lowest BCUT2D eigenvalue weighted by Crippen LogP contribution is -2.18. The average Bonchev–Trinajstić information content (AvgIpc) is 2.82. The smallest absolute Gasteiger partial charge is 0.274 e. The second-order valence-corrected chi connectivity index (χ2v) is 3.19. The SMILES string of the molecule is O=C(N/N=C/c1ccco1)c1ccccc1F. The molecule has 5 heteroatoms. The topological polar surface area (TPSA) is 54.6 Å². The lowest BCUT2D eigenvalue weighted by Gasteiger charge is -1.99. The van der Waals surface area contributed by atoms with Gasteiger partial charge in [0.25, 0.3) is 5.91 Å².